The highest BCUT2D eigenvalue weighted by molar-refractivity contribution is 6.18. The first-order valence-corrected chi connectivity index (χ1v) is 12.7. The quantitative estimate of drug-likeness (QED) is 0.146. The van der Waals surface area contributed by atoms with E-state index in [4.69, 9.17) is 40.4 Å². The van der Waals surface area contributed by atoms with Gasteiger partial charge in [-0.2, -0.15) is 0 Å². The summed E-state index contributed by atoms with van der Waals surface area (Å²) in [6.45, 7) is 6.51. The van der Waals surface area contributed by atoms with E-state index in [9.17, 15) is 10.2 Å². The summed E-state index contributed by atoms with van der Waals surface area (Å²) in [6.07, 6.45) is -1.28. The molecule has 0 aliphatic heterocycles. The summed E-state index contributed by atoms with van der Waals surface area (Å²) in [6, 6.07) is 15.7. The van der Waals surface area contributed by atoms with Gasteiger partial charge in [-0.05, 0) is 35.4 Å². The Morgan fingerprint density at radius 3 is 1.83 bits per heavy atom. The largest absolute Gasteiger partial charge is 0.493 e. The summed E-state index contributed by atoms with van der Waals surface area (Å²) in [5.41, 5.74) is 2.03. The van der Waals surface area contributed by atoms with Crippen LogP contribution < -0.4 is 9.47 Å². The van der Waals surface area contributed by atoms with Gasteiger partial charge >= 0.3 is 0 Å². The lowest BCUT2D eigenvalue weighted by molar-refractivity contribution is -0.120. The van der Waals surface area contributed by atoms with Crippen LogP contribution >= 0.6 is 11.6 Å². The van der Waals surface area contributed by atoms with Crippen molar-refractivity contribution in [1.29, 1.82) is 0 Å². The molecule has 0 bridgehead atoms. The van der Waals surface area contributed by atoms with E-state index in [1.165, 1.54) is 0 Å². The number of benzene rings is 2. The van der Waals surface area contributed by atoms with Gasteiger partial charge in [-0.15, -0.1) is 11.6 Å². The van der Waals surface area contributed by atoms with E-state index in [2.05, 4.69) is 13.8 Å². The Kier molecular flexibility index (Phi) is 14.1. The summed E-state index contributed by atoms with van der Waals surface area (Å²) in [4.78, 5) is 0. The number of ether oxygens (including phenoxy) is 5. The topological polar surface area (TPSA) is 107 Å². The van der Waals surface area contributed by atoms with Crippen LogP contribution in [0.2, 0.25) is 0 Å². The average Bonchev–Trinajstić information content (AvgIpc) is 2.89. The number of hydrogen-bond acceptors (Lipinski definition) is 8. The van der Waals surface area contributed by atoms with Gasteiger partial charge in [0.1, 0.15) is 24.2 Å². The van der Waals surface area contributed by atoms with E-state index in [0.29, 0.717) is 45.2 Å². The fourth-order valence-electron chi connectivity index (χ4n) is 3.33. The van der Waals surface area contributed by atoms with Gasteiger partial charge in [0.05, 0.1) is 52.1 Å². The highest BCUT2D eigenvalue weighted by Crippen LogP contribution is 2.33. The van der Waals surface area contributed by atoms with Crippen LogP contribution in [0.15, 0.2) is 48.5 Å². The molecule has 0 radical (unpaired) electrons. The molecule has 0 unspecified atom stereocenters. The molecule has 8 nitrogen and oxygen atoms in total. The highest BCUT2D eigenvalue weighted by Gasteiger charge is 2.23. The first-order valence-electron chi connectivity index (χ1n) is 12.1. The molecule has 0 amide bonds. The van der Waals surface area contributed by atoms with Gasteiger partial charge in [-0.1, -0.05) is 38.1 Å². The van der Waals surface area contributed by atoms with Gasteiger partial charge in [-0.25, -0.2) is 0 Å². The third-order valence-electron chi connectivity index (χ3n) is 5.55. The molecule has 2 atom stereocenters. The molecule has 0 aliphatic rings. The van der Waals surface area contributed by atoms with Gasteiger partial charge in [0, 0.05) is 11.8 Å². The maximum atomic E-state index is 9.93. The van der Waals surface area contributed by atoms with Crippen molar-refractivity contribution in [3.05, 3.63) is 59.7 Å². The molecule has 3 N–H and O–H groups in total. The maximum Gasteiger partial charge on any atom is 0.157 e. The SMILES string of the molecule is CC(C)(c1ccc(OCC[C@H](O)OCCOCCOCCO)cc1)c1ccc(OC[C@H](O)CCl)cc1. The lowest BCUT2D eigenvalue weighted by Crippen LogP contribution is -2.20. The number of hydrogen-bond donors (Lipinski definition) is 3. The minimum atomic E-state index is -0.928. The van der Waals surface area contributed by atoms with Crippen molar-refractivity contribution >= 4 is 11.6 Å². The number of aliphatic hydroxyl groups is 3. The number of aliphatic hydroxyl groups excluding tert-OH is 3. The molecule has 0 heterocycles. The highest BCUT2D eigenvalue weighted by atomic mass is 35.5. The van der Waals surface area contributed by atoms with E-state index < -0.39 is 12.4 Å². The van der Waals surface area contributed by atoms with E-state index in [1.54, 1.807) is 0 Å². The van der Waals surface area contributed by atoms with Gasteiger partial charge in [-0.3, -0.25) is 0 Å². The van der Waals surface area contributed by atoms with Crippen LogP contribution in [0.3, 0.4) is 0 Å². The van der Waals surface area contributed by atoms with Crippen LogP contribution in [0.25, 0.3) is 0 Å². The van der Waals surface area contributed by atoms with Crippen LogP contribution in [0, 0.1) is 0 Å². The van der Waals surface area contributed by atoms with Crippen molar-refractivity contribution in [2.45, 2.75) is 38.1 Å². The standard InChI is InChI=1S/C27H39ClO8/c1-27(2,22-5-9-25(10-6-22)36-20-23(30)19-28)21-3-7-24(8-4-21)34-13-11-26(31)35-18-17-33-16-15-32-14-12-29/h3-10,23,26,29-31H,11-20H2,1-2H3/t23-,26-/m1/s1. The van der Waals surface area contributed by atoms with Crippen molar-refractivity contribution in [2.24, 2.45) is 0 Å². The average molecular weight is 527 g/mol. The lowest BCUT2D eigenvalue weighted by Gasteiger charge is -2.26. The smallest absolute Gasteiger partial charge is 0.157 e. The number of rotatable bonds is 19. The minimum Gasteiger partial charge on any atom is -0.493 e. The third-order valence-corrected chi connectivity index (χ3v) is 5.91. The second kappa shape index (κ2) is 16.8. The Balaban J connectivity index is 1.71. The first-order chi connectivity index (χ1) is 17.4. The predicted molar refractivity (Wildman–Crippen MR) is 138 cm³/mol. The van der Waals surface area contributed by atoms with E-state index in [0.717, 1.165) is 16.9 Å². The molecule has 0 spiro atoms. The summed E-state index contributed by atoms with van der Waals surface area (Å²) in [7, 11) is 0. The van der Waals surface area contributed by atoms with E-state index in [1.807, 2.05) is 48.5 Å². The fraction of sp³-hybridized carbons (Fsp3) is 0.556. The van der Waals surface area contributed by atoms with Crippen molar-refractivity contribution < 1.29 is 39.0 Å². The Bertz CT molecular complexity index is 829. The summed E-state index contributed by atoms with van der Waals surface area (Å²) in [5, 5.41) is 28.1. The van der Waals surface area contributed by atoms with Crippen LogP contribution in [0.4, 0.5) is 0 Å². The molecule has 0 fully saturated rings. The zero-order chi connectivity index (χ0) is 26.2. The predicted octanol–water partition coefficient (Wildman–Crippen LogP) is 3.12. The lowest BCUT2D eigenvalue weighted by atomic mass is 9.78. The zero-order valence-electron chi connectivity index (χ0n) is 21.1. The van der Waals surface area contributed by atoms with Crippen molar-refractivity contribution in [1.82, 2.24) is 0 Å². The van der Waals surface area contributed by atoms with Gasteiger partial charge < -0.3 is 39.0 Å². The molecule has 2 aromatic rings. The zero-order valence-corrected chi connectivity index (χ0v) is 21.9. The fourth-order valence-corrected chi connectivity index (χ4v) is 3.42. The summed E-state index contributed by atoms with van der Waals surface area (Å²) < 4.78 is 27.0. The van der Waals surface area contributed by atoms with Crippen molar-refractivity contribution in [2.75, 3.05) is 58.7 Å². The van der Waals surface area contributed by atoms with Gasteiger partial charge in [0.2, 0.25) is 0 Å². The molecule has 36 heavy (non-hydrogen) atoms. The number of alkyl halides is 1. The monoisotopic (exact) mass is 526 g/mol. The molecule has 0 aromatic heterocycles. The van der Waals surface area contributed by atoms with Crippen molar-refractivity contribution in [3.8, 4) is 11.5 Å². The molecular weight excluding hydrogens is 488 g/mol. The first kappa shape index (κ1) is 30.3. The van der Waals surface area contributed by atoms with Gasteiger partial charge in [0.25, 0.3) is 0 Å². The normalized spacial score (nSPS) is 13.4. The Morgan fingerprint density at radius 2 is 1.28 bits per heavy atom. The van der Waals surface area contributed by atoms with Gasteiger partial charge in [0.15, 0.2) is 6.29 Å². The van der Waals surface area contributed by atoms with Crippen LogP contribution in [0.5, 0.6) is 11.5 Å². The summed E-state index contributed by atoms with van der Waals surface area (Å²) >= 11 is 5.60. The molecule has 202 valence electrons. The Labute approximate surface area is 218 Å². The third kappa shape index (κ3) is 11.0. The maximum absolute atomic E-state index is 9.93. The Morgan fingerprint density at radius 1 is 0.750 bits per heavy atom. The van der Waals surface area contributed by atoms with Crippen LogP contribution in [0.1, 0.15) is 31.4 Å². The second-order valence-corrected chi connectivity index (χ2v) is 9.01. The molecule has 9 heteroatoms. The molecule has 2 rings (SSSR count). The number of halogens is 1. The molecule has 0 aliphatic carbocycles. The van der Waals surface area contributed by atoms with Crippen molar-refractivity contribution in [3.63, 3.8) is 0 Å². The molecule has 0 saturated heterocycles. The minimum absolute atomic E-state index is 0.00593. The Hall–Kier alpha value is -1.91. The van der Waals surface area contributed by atoms with E-state index in [-0.39, 0.29) is 31.1 Å². The van der Waals surface area contributed by atoms with Crippen LogP contribution in [-0.2, 0) is 19.6 Å². The molecular formula is C27H39ClO8. The van der Waals surface area contributed by atoms with Crippen LogP contribution in [-0.4, -0.2) is 86.4 Å². The summed E-state index contributed by atoms with van der Waals surface area (Å²) in [5.74, 6) is 1.54. The second-order valence-electron chi connectivity index (χ2n) is 8.70. The molecule has 0 saturated carbocycles. The van der Waals surface area contributed by atoms with E-state index >= 15 is 0 Å². The molecule has 2 aromatic carbocycles.